The molecule has 1 atom stereocenters. The number of hydrogen-bond acceptors (Lipinski definition) is 4. The van der Waals surface area contributed by atoms with Crippen LogP contribution in [0.2, 0.25) is 0 Å². The number of aryl methyl sites for hydroxylation is 1. The number of pyridine rings is 1. The van der Waals surface area contributed by atoms with Gasteiger partial charge >= 0.3 is 0 Å². The maximum atomic E-state index is 12.9. The molecule has 1 amide bonds. The molecule has 0 aliphatic carbocycles. The van der Waals surface area contributed by atoms with Crippen LogP contribution < -0.4 is 4.90 Å². The van der Waals surface area contributed by atoms with E-state index in [4.69, 9.17) is 0 Å². The van der Waals surface area contributed by atoms with Crippen molar-refractivity contribution in [3.63, 3.8) is 0 Å². The molecule has 1 aromatic heterocycles. The Labute approximate surface area is 145 Å². The molecule has 0 N–H and O–H groups in total. The second kappa shape index (κ2) is 7.97. The summed E-state index contributed by atoms with van der Waals surface area (Å²) in [6.07, 6.45) is 8.83. The normalized spacial score (nSPS) is 21.4. The molecule has 5 heteroatoms. The molecule has 132 valence electrons. The predicted molar refractivity (Wildman–Crippen MR) is 97.3 cm³/mol. The lowest BCUT2D eigenvalue weighted by Crippen LogP contribution is -2.54. The summed E-state index contributed by atoms with van der Waals surface area (Å²) in [4.78, 5) is 23.9. The van der Waals surface area contributed by atoms with Crippen molar-refractivity contribution >= 4 is 11.6 Å². The fraction of sp³-hybridized carbons (Fsp3) is 0.684. The number of carbonyl (C=O) groups is 1. The van der Waals surface area contributed by atoms with Crippen LogP contribution in [0.4, 0.5) is 5.69 Å². The predicted octanol–water partition coefficient (Wildman–Crippen LogP) is 2.30. The summed E-state index contributed by atoms with van der Waals surface area (Å²) >= 11 is 0. The van der Waals surface area contributed by atoms with E-state index in [0.717, 1.165) is 39.3 Å². The Morgan fingerprint density at radius 1 is 1.04 bits per heavy atom. The van der Waals surface area contributed by atoms with E-state index < -0.39 is 0 Å². The lowest BCUT2D eigenvalue weighted by atomic mass is 10.1. The van der Waals surface area contributed by atoms with Gasteiger partial charge in [-0.1, -0.05) is 12.8 Å². The molecular weight excluding hydrogens is 300 g/mol. The molecule has 0 unspecified atom stereocenters. The number of likely N-dealkylation sites (tertiary alicyclic amines) is 1. The Morgan fingerprint density at radius 2 is 1.71 bits per heavy atom. The van der Waals surface area contributed by atoms with Crippen molar-refractivity contribution in [2.24, 2.45) is 0 Å². The monoisotopic (exact) mass is 330 g/mol. The van der Waals surface area contributed by atoms with Crippen molar-refractivity contribution in [1.82, 2.24) is 14.8 Å². The number of carbonyl (C=O) groups excluding carboxylic acids is 1. The van der Waals surface area contributed by atoms with Crippen molar-refractivity contribution in [2.75, 3.05) is 44.2 Å². The fourth-order valence-corrected chi connectivity index (χ4v) is 3.89. The number of amides is 1. The van der Waals surface area contributed by atoms with E-state index in [-0.39, 0.29) is 6.04 Å². The Kier molecular flexibility index (Phi) is 5.72. The zero-order valence-electron chi connectivity index (χ0n) is 15.1. The summed E-state index contributed by atoms with van der Waals surface area (Å²) in [5.74, 6) is 0.308. The van der Waals surface area contributed by atoms with Crippen LogP contribution in [0.5, 0.6) is 0 Å². The smallest absolute Gasteiger partial charge is 0.239 e. The quantitative estimate of drug-likeness (QED) is 0.853. The molecule has 2 saturated heterocycles. The lowest BCUT2D eigenvalue weighted by molar-refractivity contribution is -0.136. The van der Waals surface area contributed by atoms with Crippen molar-refractivity contribution in [2.45, 2.75) is 45.6 Å². The highest BCUT2D eigenvalue weighted by Crippen LogP contribution is 2.21. The van der Waals surface area contributed by atoms with Gasteiger partial charge in [-0.2, -0.15) is 0 Å². The summed E-state index contributed by atoms with van der Waals surface area (Å²) in [7, 11) is 0. The SMILES string of the molecule is Cc1cnccc1N1CCN(C(=O)[C@H](C)N2CCCCCC2)CC1. The summed E-state index contributed by atoms with van der Waals surface area (Å²) in [5.41, 5.74) is 2.45. The Balaban J connectivity index is 1.55. The van der Waals surface area contributed by atoms with Crippen LogP contribution in [0.3, 0.4) is 0 Å². The maximum absolute atomic E-state index is 12.9. The average molecular weight is 330 g/mol. The molecule has 0 saturated carbocycles. The largest absolute Gasteiger partial charge is 0.368 e. The first kappa shape index (κ1) is 17.2. The van der Waals surface area contributed by atoms with E-state index in [1.165, 1.54) is 36.9 Å². The van der Waals surface area contributed by atoms with Gasteiger partial charge in [0.2, 0.25) is 5.91 Å². The summed E-state index contributed by atoms with van der Waals surface area (Å²) in [6.45, 7) is 9.78. The molecule has 0 radical (unpaired) electrons. The van der Waals surface area contributed by atoms with Crippen LogP contribution in [-0.4, -0.2) is 66.0 Å². The van der Waals surface area contributed by atoms with Gasteiger partial charge in [0.1, 0.15) is 0 Å². The highest BCUT2D eigenvalue weighted by atomic mass is 16.2. The average Bonchev–Trinajstić information content (AvgIpc) is 2.90. The van der Waals surface area contributed by atoms with Gasteiger partial charge in [0, 0.05) is 44.3 Å². The molecule has 2 aliphatic rings. The van der Waals surface area contributed by atoms with E-state index in [9.17, 15) is 4.79 Å². The van der Waals surface area contributed by atoms with Gasteiger partial charge in [-0.05, 0) is 51.4 Å². The fourth-order valence-electron chi connectivity index (χ4n) is 3.89. The molecule has 5 nitrogen and oxygen atoms in total. The first-order chi connectivity index (χ1) is 11.7. The Bertz CT molecular complexity index is 546. The van der Waals surface area contributed by atoms with Gasteiger partial charge in [-0.15, -0.1) is 0 Å². The molecule has 24 heavy (non-hydrogen) atoms. The topological polar surface area (TPSA) is 39.7 Å². The summed E-state index contributed by atoms with van der Waals surface area (Å²) in [6, 6.07) is 2.10. The van der Waals surface area contributed by atoms with Crippen LogP contribution >= 0.6 is 0 Å². The highest BCUT2D eigenvalue weighted by Gasteiger charge is 2.29. The standard InChI is InChI=1S/C19H30N4O/c1-16-15-20-8-7-18(16)22-11-13-23(14-12-22)19(24)17(2)21-9-5-3-4-6-10-21/h7-8,15,17H,3-6,9-14H2,1-2H3/t17-/m0/s1. The summed E-state index contributed by atoms with van der Waals surface area (Å²) in [5, 5.41) is 0. The number of nitrogens with zero attached hydrogens (tertiary/aromatic N) is 4. The van der Waals surface area contributed by atoms with E-state index in [1.807, 2.05) is 12.4 Å². The molecule has 1 aromatic rings. The van der Waals surface area contributed by atoms with Gasteiger partial charge in [0.05, 0.1) is 6.04 Å². The molecule has 3 heterocycles. The van der Waals surface area contributed by atoms with Crippen molar-refractivity contribution < 1.29 is 4.79 Å². The molecule has 3 rings (SSSR count). The molecule has 0 spiro atoms. The second-order valence-corrected chi connectivity index (χ2v) is 7.10. The van der Waals surface area contributed by atoms with Crippen LogP contribution in [0, 0.1) is 6.92 Å². The Hall–Kier alpha value is -1.62. The van der Waals surface area contributed by atoms with Gasteiger partial charge < -0.3 is 9.80 Å². The highest BCUT2D eigenvalue weighted by molar-refractivity contribution is 5.81. The van der Waals surface area contributed by atoms with Crippen LogP contribution in [-0.2, 0) is 4.79 Å². The van der Waals surface area contributed by atoms with Gasteiger partial charge in [0.15, 0.2) is 0 Å². The molecule has 0 bridgehead atoms. The minimum absolute atomic E-state index is 0.0253. The number of anilines is 1. The molecule has 0 aromatic carbocycles. The molecular formula is C19H30N4O. The number of rotatable bonds is 3. The first-order valence-corrected chi connectivity index (χ1v) is 9.35. The van der Waals surface area contributed by atoms with Gasteiger partial charge in [-0.3, -0.25) is 14.7 Å². The van der Waals surface area contributed by atoms with E-state index in [2.05, 4.69) is 39.6 Å². The Morgan fingerprint density at radius 3 is 2.33 bits per heavy atom. The second-order valence-electron chi connectivity index (χ2n) is 7.10. The minimum atomic E-state index is 0.0253. The van der Waals surface area contributed by atoms with Crippen molar-refractivity contribution in [3.8, 4) is 0 Å². The van der Waals surface area contributed by atoms with E-state index >= 15 is 0 Å². The van der Waals surface area contributed by atoms with Crippen LogP contribution in [0.15, 0.2) is 18.5 Å². The third kappa shape index (κ3) is 3.89. The third-order valence-electron chi connectivity index (χ3n) is 5.47. The van der Waals surface area contributed by atoms with Gasteiger partial charge in [0.25, 0.3) is 0 Å². The first-order valence-electron chi connectivity index (χ1n) is 9.35. The van der Waals surface area contributed by atoms with Gasteiger partial charge in [-0.25, -0.2) is 0 Å². The van der Waals surface area contributed by atoms with Crippen LogP contribution in [0.25, 0.3) is 0 Å². The summed E-state index contributed by atoms with van der Waals surface area (Å²) < 4.78 is 0. The lowest BCUT2D eigenvalue weighted by Gasteiger charge is -2.39. The molecule has 2 aliphatic heterocycles. The van der Waals surface area contributed by atoms with Crippen LogP contribution in [0.1, 0.15) is 38.2 Å². The van der Waals surface area contributed by atoms with Crippen molar-refractivity contribution in [1.29, 1.82) is 0 Å². The maximum Gasteiger partial charge on any atom is 0.239 e. The molecule has 2 fully saturated rings. The van der Waals surface area contributed by atoms with Crippen molar-refractivity contribution in [3.05, 3.63) is 24.0 Å². The number of hydrogen-bond donors (Lipinski definition) is 0. The van der Waals surface area contributed by atoms with E-state index in [1.54, 1.807) is 0 Å². The van der Waals surface area contributed by atoms with E-state index in [0.29, 0.717) is 5.91 Å². The minimum Gasteiger partial charge on any atom is -0.368 e. The number of aromatic nitrogens is 1. The zero-order chi connectivity index (χ0) is 16.9. The third-order valence-corrected chi connectivity index (χ3v) is 5.47. The number of piperazine rings is 1. The zero-order valence-corrected chi connectivity index (χ0v) is 15.1.